The molecular weight excluding hydrogens is 260 g/mol. The molecule has 4 fully saturated rings. The summed E-state index contributed by atoms with van der Waals surface area (Å²) in [5.41, 5.74) is 1.24. The van der Waals surface area contributed by atoms with Gasteiger partial charge >= 0.3 is 0 Å². The second-order valence-corrected chi connectivity index (χ2v) is 6.94. The first-order valence-corrected chi connectivity index (χ1v) is 8.62. The number of hydrogen-bond acceptors (Lipinski definition) is 3. The molecule has 3 aliphatic heterocycles. The Morgan fingerprint density at radius 3 is 2.29 bits per heavy atom. The smallest absolute Gasteiger partial charge is 0.119 e. The van der Waals surface area contributed by atoms with E-state index in [1.165, 1.54) is 63.8 Å². The third kappa shape index (κ3) is 3.03. The third-order valence-corrected chi connectivity index (χ3v) is 5.47. The SMILES string of the molecule is c1cc(OC2CCCC2)ccc1N[C@H]1CN2CCC1CC2. The zero-order valence-electron chi connectivity index (χ0n) is 12.8. The van der Waals surface area contributed by atoms with Crippen LogP contribution in [-0.2, 0) is 0 Å². The molecule has 0 spiro atoms. The Morgan fingerprint density at radius 1 is 0.952 bits per heavy atom. The molecule has 1 aromatic carbocycles. The number of piperidine rings is 3. The van der Waals surface area contributed by atoms with Gasteiger partial charge in [-0.25, -0.2) is 0 Å². The minimum Gasteiger partial charge on any atom is -0.490 e. The molecule has 0 radical (unpaired) electrons. The Morgan fingerprint density at radius 2 is 1.67 bits per heavy atom. The van der Waals surface area contributed by atoms with Crippen molar-refractivity contribution < 1.29 is 4.74 Å². The monoisotopic (exact) mass is 286 g/mol. The average molecular weight is 286 g/mol. The van der Waals surface area contributed by atoms with E-state index in [1.807, 2.05) is 0 Å². The van der Waals surface area contributed by atoms with Crippen molar-refractivity contribution in [3.63, 3.8) is 0 Å². The van der Waals surface area contributed by atoms with Gasteiger partial charge in [-0.1, -0.05) is 0 Å². The quantitative estimate of drug-likeness (QED) is 0.916. The summed E-state index contributed by atoms with van der Waals surface area (Å²) in [5.74, 6) is 1.89. The maximum atomic E-state index is 6.03. The van der Waals surface area contributed by atoms with E-state index >= 15 is 0 Å². The number of ether oxygens (including phenoxy) is 1. The number of fused-ring (bicyclic) bond motifs is 3. The van der Waals surface area contributed by atoms with E-state index in [9.17, 15) is 0 Å². The Hall–Kier alpha value is -1.22. The number of benzene rings is 1. The van der Waals surface area contributed by atoms with Crippen molar-refractivity contribution in [2.75, 3.05) is 25.0 Å². The van der Waals surface area contributed by atoms with E-state index in [2.05, 4.69) is 34.5 Å². The zero-order chi connectivity index (χ0) is 14.1. The van der Waals surface area contributed by atoms with Gasteiger partial charge in [0.15, 0.2) is 0 Å². The van der Waals surface area contributed by atoms with Crippen LogP contribution < -0.4 is 10.1 Å². The van der Waals surface area contributed by atoms with E-state index in [4.69, 9.17) is 4.74 Å². The van der Waals surface area contributed by atoms with Crippen LogP contribution in [0, 0.1) is 5.92 Å². The van der Waals surface area contributed by atoms with Crippen molar-refractivity contribution in [3.05, 3.63) is 24.3 Å². The second kappa shape index (κ2) is 5.88. The molecule has 3 heteroatoms. The lowest BCUT2D eigenvalue weighted by atomic mass is 9.84. The molecule has 114 valence electrons. The lowest BCUT2D eigenvalue weighted by Gasteiger charge is -2.45. The van der Waals surface area contributed by atoms with Crippen LogP contribution in [0.3, 0.4) is 0 Å². The molecule has 4 aliphatic rings. The molecule has 21 heavy (non-hydrogen) atoms. The highest BCUT2D eigenvalue weighted by atomic mass is 16.5. The summed E-state index contributed by atoms with van der Waals surface area (Å²) < 4.78 is 6.03. The average Bonchev–Trinajstić information content (AvgIpc) is 3.03. The summed E-state index contributed by atoms with van der Waals surface area (Å²) in [6.07, 6.45) is 8.26. The highest BCUT2D eigenvalue weighted by Gasteiger charge is 2.33. The molecule has 0 amide bonds. The predicted octanol–water partition coefficient (Wildman–Crippen LogP) is 3.51. The standard InChI is InChI=1S/C18H26N2O/c1-2-4-16(3-1)21-17-7-5-15(6-8-17)19-18-13-20-11-9-14(18)10-12-20/h5-8,14,16,18-19H,1-4,9-13H2/t18-/m0/s1. The first-order valence-electron chi connectivity index (χ1n) is 8.62. The summed E-state index contributed by atoms with van der Waals surface area (Å²) in [5, 5.41) is 3.74. The van der Waals surface area contributed by atoms with Gasteiger partial charge in [0.05, 0.1) is 6.10 Å². The van der Waals surface area contributed by atoms with Crippen molar-refractivity contribution in [3.8, 4) is 5.75 Å². The lowest BCUT2D eigenvalue weighted by molar-refractivity contribution is 0.0975. The molecule has 3 nitrogen and oxygen atoms in total. The highest BCUT2D eigenvalue weighted by Crippen LogP contribution is 2.30. The van der Waals surface area contributed by atoms with Gasteiger partial charge in [-0.2, -0.15) is 0 Å². The second-order valence-electron chi connectivity index (χ2n) is 6.94. The predicted molar refractivity (Wildman–Crippen MR) is 85.9 cm³/mol. The lowest BCUT2D eigenvalue weighted by Crippen LogP contribution is -2.53. The fourth-order valence-electron chi connectivity index (χ4n) is 4.17. The number of hydrogen-bond donors (Lipinski definition) is 1. The minimum atomic E-state index is 0.450. The summed E-state index contributed by atoms with van der Waals surface area (Å²) in [4.78, 5) is 2.59. The molecule has 1 saturated carbocycles. The Labute approximate surface area is 127 Å². The van der Waals surface area contributed by atoms with Crippen molar-refractivity contribution in [1.29, 1.82) is 0 Å². The van der Waals surface area contributed by atoms with Crippen molar-refractivity contribution >= 4 is 5.69 Å². The molecule has 3 heterocycles. The summed E-state index contributed by atoms with van der Waals surface area (Å²) >= 11 is 0. The molecule has 1 aromatic rings. The first kappa shape index (κ1) is 13.4. The topological polar surface area (TPSA) is 24.5 Å². The van der Waals surface area contributed by atoms with Crippen LogP contribution in [0.25, 0.3) is 0 Å². The van der Waals surface area contributed by atoms with E-state index < -0.39 is 0 Å². The van der Waals surface area contributed by atoms with Crippen LogP contribution in [0.1, 0.15) is 38.5 Å². The van der Waals surface area contributed by atoms with Crippen LogP contribution in [0.2, 0.25) is 0 Å². The Kier molecular flexibility index (Phi) is 3.76. The van der Waals surface area contributed by atoms with Gasteiger partial charge in [-0.05, 0) is 81.8 Å². The van der Waals surface area contributed by atoms with E-state index in [0.29, 0.717) is 12.1 Å². The van der Waals surface area contributed by atoms with Crippen molar-refractivity contribution in [1.82, 2.24) is 4.90 Å². The number of rotatable bonds is 4. The minimum absolute atomic E-state index is 0.450. The van der Waals surface area contributed by atoms with Gasteiger partial charge < -0.3 is 15.0 Å². The van der Waals surface area contributed by atoms with Gasteiger partial charge in [0.25, 0.3) is 0 Å². The number of nitrogens with one attached hydrogen (secondary N) is 1. The molecule has 1 atom stereocenters. The molecule has 5 rings (SSSR count). The number of nitrogens with zero attached hydrogens (tertiary/aromatic N) is 1. The van der Waals surface area contributed by atoms with Crippen molar-refractivity contribution in [2.45, 2.75) is 50.7 Å². The van der Waals surface area contributed by atoms with E-state index in [1.54, 1.807) is 0 Å². The summed E-state index contributed by atoms with van der Waals surface area (Å²) in [6, 6.07) is 9.25. The van der Waals surface area contributed by atoms with Crippen LogP contribution in [0.15, 0.2) is 24.3 Å². The van der Waals surface area contributed by atoms with Crippen LogP contribution in [-0.4, -0.2) is 36.7 Å². The molecule has 3 saturated heterocycles. The van der Waals surface area contributed by atoms with E-state index in [-0.39, 0.29) is 0 Å². The molecule has 0 unspecified atom stereocenters. The largest absolute Gasteiger partial charge is 0.490 e. The summed E-state index contributed by atoms with van der Waals surface area (Å²) in [6.45, 7) is 3.82. The maximum Gasteiger partial charge on any atom is 0.119 e. The van der Waals surface area contributed by atoms with Gasteiger partial charge in [-0.3, -0.25) is 0 Å². The first-order chi connectivity index (χ1) is 10.4. The fourth-order valence-corrected chi connectivity index (χ4v) is 4.17. The normalized spacial score (nSPS) is 32.3. The van der Waals surface area contributed by atoms with Crippen LogP contribution in [0.4, 0.5) is 5.69 Å². The highest BCUT2D eigenvalue weighted by molar-refractivity contribution is 5.47. The van der Waals surface area contributed by atoms with Gasteiger partial charge in [0, 0.05) is 18.3 Å². The molecule has 1 N–H and O–H groups in total. The third-order valence-electron chi connectivity index (χ3n) is 5.47. The molecule has 2 bridgehead atoms. The number of anilines is 1. The summed E-state index contributed by atoms with van der Waals surface area (Å²) in [7, 11) is 0. The maximum absolute atomic E-state index is 6.03. The molecule has 1 aliphatic carbocycles. The molecular formula is C18H26N2O. The van der Waals surface area contributed by atoms with Gasteiger partial charge in [0.1, 0.15) is 5.75 Å². The van der Waals surface area contributed by atoms with E-state index in [0.717, 1.165) is 11.7 Å². The van der Waals surface area contributed by atoms with Crippen molar-refractivity contribution in [2.24, 2.45) is 5.92 Å². The van der Waals surface area contributed by atoms with Gasteiger partial charge in [0.2, 0.25) is 0 Å². The van der Waals surface area contributed by atoms with Crippen LogP contribution >= 0.6 is 0 Å². The van der Waals surface area contributed by atoms with Gasteiger partial charge in [-0.15, -0.1) is 0 Å². The zero-order valence-corrected chi connectivity index (χ0v) is 12.8. The molecule has 0 aromatic heterocycles. The Balaban J connectivity index is 1.35. The Bertz CT molecular complexity index is 459. The van der Waals surface area contributed by atoms with Crippen LogP contribution in [0.5, 0.6) is 5.75 Å². The fraction of sp³-hybridized carbons (Fsp3) is 0.667.